The Hall–Kier alpha value is -3.66. The van der Waals surface area contributed by atoms with Crippen LogP contribution in [0.3, 0.4) is 0 Å². The first-order chi connectivity index (χ1) is 12.3. The molecule has 0 saturated carbocycles. The Kier molecular flexibility index (Phi) is 8.04. The summed E-state index contributed by atoms with van der Waals surface area (Å²) in [7, 11) is 0. The molecule has 2 amide bonds. The topological polar surface area (TPSA) is 172 Å². The average molecular weight is 363 g/mol. The molecule has 2 rings (SSSR count). The van der Waals surface area contributed by atoms with Crippen LogP contribution in [0.5, 0.6) is 0 Å². The number of rotatable bonds is 6. The minimum Gasteiger partial charge on any atom is -0.473 e. The smallest absolute Gasteiger partial charge is 0.414 e. The standard InChI is InChI=1S/C14H15N3O3.C2H2O4/c15-14(19)10-3-5-11(6-4-10)17-13(18)9-16-8-12-2-1-7-20-12;3-1(4)2(5)6/h1-7,16H,8-9H2,(H2,15,19)(H,17,18);(H,3,4)(H,5,6). The van der Waals surface area contributed by atoms with Gasteiger partial charge in [-0.2, -0.15) is 0 Å². The van der Waals surface area contributed by atoms with E-state index in [1.807, 2.05) is 6.07 Å². The fourth-order valence-electron chi connectivity index (χ4n) is 1.64. The van der Waals surface area contributed by atoms with Crippen molar-refractivity contribution in [3.8, 4) is 0 Å². The van der Waals surface area contributed by atoms with Gasteiger partial charge in [0.2, 0.25) is 11.8 Å². The predicted octanol–water partition coefficient (Wildman–Crippen LogP) is 0.262. The second-order valence-corrected chi connectivity index (χ2v) is 4.78. The lowest BCUT2D eigenvalue weighted by Gasteiger charge is -2.06. The van der Waals surface area contributed by atoms with E-state index in [0.717, 1.165) is 5.76 Å². The average Bonchev–Trinajstić information content (AvgIpc) is 3.09. The van der Waals surface area contributed by atoms with Crippen LogP contribution >= 0.6 is 0 Å². The molecule has 0 unspecified atom stereocenters. The summed E-state index contributed by atoms with van der Waals surface area (Å²) >= 11 is 0. The molecule has 0 spiro atoms. The van der Waals surface area contributed by atoms with Gasteiger partial charge in [0, 0.05) is 11.3 Å². The zero-order valence-electron chi connectivity index (χ0n) is 13.5. The zero-order valence-corrected chi connectivity index (χ0v) is 13.5. The molecule has 1 aromatic heterocycles. The van der Waals surface area contributed by atoms with Gasteiger partial charge in [-0.05, 0) is 36.4 Å². The maximum absolute atomic E-state index is 11.7. The maximum Gasteiger partial charge on any atom is 0.414 e. The van der Waals surface area contributed by atoms with Crippen LogP contribution < -0.4 is 16.4 Å². The van der Waals surface area contributed by atoms with Gasteiger partial charge in [0.05, 0.1) is 19.4 Å². The molecule has 2 aromatic rings. The highest BCUT2D eigenvalue weighted by atomic mass is 16.4. The Morgan fingerprint density at radius 1 is 1.00 bits per heavy atom. The van der Waals surface area contributed by atoms with Crippen LogP contribution in [-0.2, 0) is 20.9 Å². The van der Waals surface area contributed by atoms with Crippen LogP contribution in [0.2, 0.25) is 0 Å². The molecular formula is C16H17N3O7. The second-order valence-electron chi connectivity index (χ2n) is 4.78. The van der Waals surface area contributed by atoms with Gasteiger partial charge in [-0.1, -0.05) is 0 Å². The molecule has 6 N–H and O–H groups in total. The van der Waals surface area contributed by atoms with Crippen molar-refractivity contribution >= 4 is 29.4 Å². The van der Waals surface area contributed by atoms with E-state index in [9.17, 15) is 9.59 Å². The van der Waals surface area contributed by atoms with E-state index in [4.69, 9.17) is 30.0 Å². The normalized spacial score (nSPS) is 9.54. The van der Waals surface area contributed by atoms with Gasteiger partial charge < -0.3 is 31.0 Å². The van der Waals surface area contributed by atoms with Crippen LogP contribution in [-0.4, -0.2) is 40.5 Å². The summed E-state index contributed by atoms with van der Waals surface area (Å²) in [4.78, 5) is 40.8. The Labute approximate surface area is 147 Å². The van der Waals surface area contributed by atoms with E-state index in [2.05, 4.69) is 10.6 Å². The number of amides is 2. The predicted molar refractivity (Wildman–Crippen MR) is 89.3 cm³/mol. The van der Waals surface area contributed by atoms with Crippen molar-refractivity contribution in [2.75, 3.05) is 11.9 Å². The van der Waals surface area contributed by atoms with Crippen LogP contribution in [0.15, 0.2) is 47.1 Å². The van der Waals surface area contributed by atoms with Crippen molar-refractivity contribution in [1.29, 1.82) is 0 Å². The molecule has 26 heavy (non-hydrogen) atoms. The maximum atomic E-state index is 11.7. The molecule has 138 valence electrons. The van der Waals surface area contributed by atoms with Gasteiger partial charge >= 0.3 is 11.9 Å². The van der Waals surface area contributed by atoms with Crippen molar-refractivity contribution < 1.29 is 33.8 Å². The number of nitrogens with one attached hydrogen (secondary N) is 2. The van der Waals surface area contributed by atoms with Crippen molar-refractivity contribution in [2.45, 2.75) is 6.54 Å². The quantitative estimate of drug-likeness (QED) is 0.455. The van der Waals surface area contributed by atoms with Gasteiger partial charge in [-0.25, -0.2) is 9.59 Å². The fourth-order valence-corrected chi connectivity index (χ4v) is 1.64. The summed E-state index contributed by atoms with van der Waals surface area (Å²) < 4.78 is 5.13. The molecule has 0 aliphatic heterocycles. The number of carbonyl (C=O) groups is 4. The number of primary amides is 1. The lowest BCUT2D eigenvalue weighted by molar-refractivity contribution is -0.159. The first kappa shape index (κ1) is 20.4. The molecule has 0 aliphatic rings. The number of aliphatic carboxylic acids is 2. The van der Waals surface area contributed by atoms with Crippen molar-refractivity contribution in [3.63, 3.8) is 0 Å². The second kappa shape index (κ2) is 10.3. The van der Waals surface area contributed by atoms with E-state index in [-0.39, 0.29) is 12.5 Å². The number of carbonyl (C=O) groups excluding carboxylic acids is 2. The van der Waals surface area contributed by atoms with Crippen molar-refractivity contribution in [2.24, 2.45) is 5.73 Å². The number of carboxylic acids is 2. The molecule has 0 bridgehead atoms. The third-order valence-corrected chi connectivity index (χ3v) is 2.80. The minimum atomic E-state index is -1.82. The van der Waals surface area contributed by atoms with E-state index in [1.165, 1.54) is 0 Å². The van der Waals surface area contributed by atoms with Crippen LogP contribution in [0.25, 0.3) is 0 Å². The van der Waals surface area contributed by atoms with Gasteiger partial charge in [-0.3, -0.25) is 9.59 Å². The number of anilines is 1. The van der Waals surface area contributed by atoms with E-state index in [0.29, 0.717) is 17.8 Å². The molecule has 0 radical (unpaired) electrons. The Balaban J connectivity index is 0.000000487. The summed E-state index contributed by atoms with van der Waals surface area (Å²) in [6.45, 7) is 0.652. The molecule has 0 aliphatic carbocycles. The third-order valence-electron chi connectivity index (χ3n) is 2.80. The lowest BCUT2D eigenvalue weighted by atomic mass is 10.2. The van der Waals surface area contributed by atoms with Gasteiger partial charge in [0.1, 0.15) is 5.76 Å². The number of benzene rings is 1. The number of carboxylic acid groups (broad SMARTS) is 2. The summed E-state index contributed by atoms with van der Waals surface area (Å²) in [5, 5.41) is 20.4. The summed E-state index contributed by atoms with van der Waals surface area (Å²) in [6, 6.07) is 10.0. The Morgan fingerprint density at radius 3 is 2.08 bits per heavy atom. The highest BCUT2D eigenvalue weighted by molar-refractivity contribution is 6.27. The monoisotopic (exact) mass is 363 g/mol. The van der Waals surface area contributed by atoms with Crippen molar-refractivity contribution in [3.05, 3.63) is 54.0 Å². The van der Waals surface area contributed by atoms with Crippen LogP contribution in [0.1, 0.15) is 16.1 Å². The molecule has 10 heteroatoms. The first-order valence-corrected chi connectivity index (χ1v) is 7.18. The first-order valence-electron chi connectivity index (χ1n) is 7.18. The van der Waals surface area contributed by atoms with Gasteiger partial charge in [-0.15, -0.1) is 0 Å². The molecular weight excluding hydrogens is 346 g/mol. The highest BCUT2D eigenvalue weighted by Gasteiger charge is 2.05. The summed E-state index contributed by atoms with van der Waals surface area (Å²) in [6.07, 6.45) is 1.58. The minimum absolute atomic E-state index is 0.165. The largest absolute Gasteiger partial charge is 0.473 e. The van der Waals surface area contributed by atoms with E-state index < -0.39 is 17.8 Å². The van der Waals surface area contributed by atoms with Gasteiger partial charge in [0.15, 0.2) is 0 Å². The number of nitrogens with two attached hydrogens (primary N) is 1. The molecule has 0 saturated heterocycles. The van der Waals surface area contributed by atoms with E-state index in [1.54, 1.807) is 36.6 Å². The van der Waals surface area contributed by atoms with Gasteiger partial charge in [0.25, 0.3) is 0 Å². The lowest BCUT2D eigenvalue weighted by Crippen LogP contribution is -2.27. The Bertz CT molecular complexity index is 743. The molecule has 1 aromatic carbocycles. The Morgan fingerprint density at radius 2 is 1.62 bits per heavy atom. The highest BCUT2D eigenvalue weighted by Crippen LogP contribution is 2.08. The van der Waals surface area contributed by atoms with Crippen LogP contribution in [0.4, 0.5) is 5.69 Å². The fraction of sp³-hybridized carbons (Fsp3) is 0.125. The molecule has 0 atom stereocenters. The third kappa shape index (κ3) is 7.75. The molecule has 0 fully saturated rings. The van der Waals surface area contributed by atoms with Crippen LogP contribution in [0, 0.1) is 0 Å². The zero-order chi connectivity index (χ0) is 19.5. The number of hydrogen-bond acceptors (Lipinski definition) is 6. The molecule has 1 heterocycles. The summed E-state index contributed by atoms with van der Waals surface area (Å²) in [5.74, 6) is -3.56. The number of hydrogen-bond donors (Lipinski definition) is 5. The number of furan rings is 1. The SMILES string of the molecule is NC(=O)c1ccc(NC(=O)CNCc2ccco2)cc1.O=C(O)C(=O)O. The van der Waals surface area contributed by atoms with Crippen molar-refractivity contribution in [1.82, 2.24) is 5.32 Å². The molecule has 10 nitrogen and oxygen atoms in total. The summed E-state index contributed by atoms with van der Waals surface area (Å²) in [5.41, 5.74) is 6.14. The van der Waals surface area contributed by atoms with E-state index >= 15 is 0 Å².